The minimum Gasteiger partial charge on any atom is -0.508 e. The lowest BCUT2D eigenvalue weighted by Gasteiger charge is -2.27. The number of esters is 1. The van der Waals surface area contributed by atoms with E-state index in [4.69, 9.17) is 14.2 Å². The highest BCUT2D eigenvalue weighted by molar-refractivity contribution is 14.1. The van der Waals surface area contributed by atoms with Gasteiger partial charge in [0.15, 0.2) is 6.10 Å². The summed E-state index contributed by atoms with van der Waals surface area (Å²) in [5.41, 5.74) is 2.03. The van der Waals surface area contributed by atoms with Crippen molar-refractivity contribution in [2.45, 2.75) is 25.6 Å². The first kappa shape index (κ1) is 24.3. The Labute approximate surface area is 194 Å². The summed E-state index contributed by atoms with van der Waals surface area (Å²) in [7, 11) is 1.46. The number of carbonyl (C=O) groups is 2. The van der Waals surface area contributed by atoms with Crippen LogP contribution in [0.2, 0.25) is 0 Å². The highest BCUT2D eigenvalue weighted by atomic mass is 127. The molecule has 0 heterocycles. The molecule has 0 bridgehead atoms. The summed E-state index contributed by atoms with van der Waals surface area (Å²) in [5, 5.41) is 13.0. The number of amides is 1. The molecule has 0 unspecified atom stereocenters. The highest BCUT2D eigenvalue weighted by Gasteiger charge is 2.30. The molecular weight excluding hydrogens is 521 g/mol. The molecule has 0 saturated heterocycles. The number of aryl methyl sites for hydroxylation is 1. The van der Waals surface area contributed by atoms with Crippen molar-refractivity contribution in [2.24, 2.45) is 0 Å². The van der Waals surface area contributed by atoms with Crippen LogP contribution in [0.4, 0.5) is 10.5 Å². The largest absolute Gasteiger partial charge is 0.508 e. The van der Waals surface area contributed by atoms with Crippen LogP contribution >= 0.6 is 35.2 Å². The van der Waals surface area contributed by atoms with Crippen LogP contribution in [-0.2, 0) is 19.0 Å². The second-order valence-electron chi connectivity index (χ2n) is 6.46. The number of ether oxygens (including phenoxy) is 3. The summed E-state index contributed by atoms with van der Waals surface area (Å²) in [6.07, 6.45) is -2.03. The van der Waals surface area contributed by atoms with Crippen molar-refractivity contribution >= 4 is 53.0 Å². The molecule has 162 valence electrons. The van der Waals surface area contributed by atoms with Crippen LogP contribution in [0.5, 0.6) is 5.75 Å². The van der Waals surface area contributed by atoms with E-state index in [9.17, 15) is 14.7 Å². The molecule has 0 aliphatic carbocycles. The Bertz CT molecular complexity index is 861. The maximum atomic E-state index is 12.6. The molecule has 0 aliphatic rings. The van der Waals surface area contributed by atoms with Gasteiger partial charge in [-0.3, -0.25) is 10.1 Å². The molecule has 2 rings (SSSR count). The summed E-state index contributed by atoms with van der Waals surface area (Å²) in [5.74, 6) is -0.522. The lowest BCUT2D eigenvalue weighted by atomic mass is 10.0. The zero-order valence-corrected chi connectivity index (χ0v) is 19.7. The van der Waals surface area contributed by atoms with Crippen molar-refractivity contribution in [1.29, 1.82) is 0 Å². The fourth-order valence-corrected chi connectivity index (χ4v) is 3.33. The third-order valence-electron chi connectivity index (χ3n) is 4.26. The van der Waals surface area contributed by atoms with E-state index in [1.54, 1.807) is 24.3 Å². The summed E-state index contributed by atoms with van der Waals surface area (Å²) in [4.78, 5) is 23.9. The standard InChI is InChI=1S/C21H24INO6S/c1-13-3-6-15(7-4-13)23-21(26)29-20(16-11-14(22)5-8-17(16)24)18(27-2)9-10-28-19(25)12-30/h3-8,11,18,20,24,30H,9-10,12H2,1-2H3,(H,23,26)/t18-,20-/m0/s1. The van der Waals surface area contributed by atoms with E-state index in [1.165, 1.54) is 13.2 Å². The third-order valence-corrected chi connectivity index (χ3v) is 5.19. The Hall–Kier alpha value is -1.98. The Morgan fingerprint density at radius 2 is 1.90 bits per heavy atom. The fraction of sp³-hybridized carbons (Fsp3) is 0.333. The van der Waals surface area contributed by atoms with Gasteiger partial charge in [0.25, 0.3) is 0 Å². The molecule has 2 aromatic rings. The van der Waals surface area contributed by atoms with E-state index in [2.05, 4.69) is 40.5 Å². The van der Waals surface area contributed by atoms with Gasteiger partial charge in [-0.25, -0.2) is 4.79 Å². The number of hydrogen-bond acceptors (Lipinski definition) is 7. The van der Waals surface area contributed by atoms with Crippen LogP contribution in [0, 0.1) is 10.5 Å². The van der Waals surface area contributed by atoms with Gasteiger partial charge < -0.3 is 19.3 Å². The molecule has 2 atom stereocenters. The lowest BCUT2D eigenvalue weighted by Crippen LogP contribution is -2.29. The van der Waals surface area contributed by atoms with Crippen molar-refractivity contribution in [2.75, 3.05) is 24.8 Å². The third kappa shape index (κ3) is 7.37. The van der Waals surface area contributed by atoms with Gasteiger partial charge >= 0.3 is 12.1 Å². The topological polar surface area (TPSA) is 94.1 Å². The number of hydrogen-bond donors (Lipinski definition) is 3. The minimum absolute atomic E-state index is 0.0297. The van der Waals surface area contributed by atoms with Gasteiger partial charge in [0.1, 0.15) is 11.9 Å². The number of anilines is 1. The molecule has 30 heavy (non-hydrogen) atoms. The number of carbonyl (C=O) groups excluding carboxylic acids is 2. The first-order valence-corrected chi connectivity index (χ1v) is 10.9. The molecule has 0 fully saturated rings. The van der Waals surface area contributed by atoms with Gasteiger partial charge in [0, 0.05) is 28.4 Å². The monoisotopic (exact) mass is 545 g/mol. The summed E-state index contributed by atoms with van der Waals surface area (Å²) >= 11 is 5.97. The predicted molar refractivity (Wildman–Crippen MR) is 125 cm³/mol. The number of phenols is 1. The van der Waals surface area contributed by atoms with Crippen LogP contribution in [0.15, 0.2) is 42.5 Å². The highest BCUT2D eigenvalue weighted by Crippen LogP contribution is 2.33. The fourth-order valence-electron chi connectivity index (χ4n) is 2.72. The van der Waals surface area contributed by atoms with Gasteiger partial charge in [-0.1, -0.05) is 17.7 Å². The van der Waals surface area contributed by atoms with Crippen molar-refractivity contribution in [3.05, 3.63) is 57.2 Å². The van der Waals surface area contributed by atoms with E-state index < -0.39 is 24.3 Å². The van der Waals surface area contributed by atoms with Crippen molar-refractivity contribution in [3.63, 3.8) is 0 Å². The zero-order valence-electron chi connectivity index (χ0n) is 16.6. The normalized spacial score (nSPS) is 12.7. The summed E-state index contributed by atoms with van der Waals surface area (Å²) in [6, 6.07) is 12.2. The molecule has 9 heteroatoms. The molecule has 2 N–H and O–H groups in total. The number of halogens is 1. The van der Waals surface area contributed by atoms with E-state index in [0.29, 0.717) is 11.3 Å². The maximum Gasteiger partial charge on any atom is 0.412 e. The van der Waals surface area contributed by atoms with Gasteiger partial charge in [0.05, 0.1) is 12.4 Å². The first-order valence-electron chi connectivity index (χ1n) is 9.16. The Morgan fingerprint density at radius 1 is 1.20 bits per heavy atom. The Kier molecular flexibility index (Phi) is 9.73. The van der Waals surface area contributed by atoms with Crippen LogP contribution in [0.3, 0.4) is 0 Å². The zero-order chi connectivity index (χ0) is 22.1. The lowest BCUT2D eigenvalue weighted by molar-refractivity contribution is -0.141. The number of aromatic hydroxyl groups is 1. The molecular formula is C21H24INO6S. The van der Waals surface area contributed by atoms with Gasteiger partial charge in [0.2, 0.25) is 0 Å². The number of benzene rings is 2. The smallest absolute Gasteiger partial charge is 0.412 e. The average molecular weight is 545 g/mol. The van der Waals surface area contributed by atoms with E-state index >= 15 is 0 Å². The summed E-state index contributed by atoms with van der Waals surface area (Å²) < 4.78 is 17.1. The van der Waals surface area contributed by atoms with Crippen molar-refractivity contribution < 1.29 is 28.9 Å². The first-order chi connectivity index (χ1) is 14.3. The average Bonchev–Trinajstić information content (AvgIpc) is 2.73. The predicted octanol–water partition coefficient (Wildman–Crippen LogP) is 4.47. The molecule has 1 amide bonds. The van der Waals surface area contributed by atoms with Gasteiger partial charge in [-0.15, -0.1) is 0 Å². The van der Waals surface area contributed by atoms with Crippen molar-refractivity contribution in [1.82, 2.24) is 0 Å². The van der Waals surface area contributed by atoms with E-state index in [0.717, 1.165) is 9.13 Å². The minimum atomic E-state index is -0.926. The maximum absolute atomic E-state index is 12.6. The number of nitrogens with one attached hydrogen (secondary N) is 1. The Balaban J connectivity index is 2.21. The SMILES string of the molecule is CO[C@@H](CCOC(=O)CS)[C@@H](OC(=O)Nc1ccc(C)cc1)c1cc(I)ccc1O. The number of thiol groups is 1. The quantitative estimate of drug-likeness (QED) is 0.245. The molecule has 0 spiro atoms. The van der Waals surface area contributed by atoms with Crippen LogP contribution < -0.4 is 5.32 Å². The van der Waals surface area contributed by atoms with E-state index in [-0.39, 0.29) is 24.5 Å². The molecule has 0 aliphatic heterocycles. The van der Waals surface area contributed by atoms with Gasteiger partial charge in [-0.2, -0.15) is 12.6 Å². The molecule has 2 aromatic carbocycles. The molecule has 0 radical (unpaired) electrons. The molecule has 0 aromatic heterocycles. The molecule has 7 nitrogen and oxygen atoms in total. The van der Waals surface area contributed by atoms with E-state index in [1.807, 2.05) is 19.1 Å². The molecule has 0 saturated carbocycles. The number of methoxy groups -OCH3 is 1. The van der Waals surface area contributed by atoms with Crippen LogP contribution in [-0.4, -0.2) is 42.7 Å². The second-order valence-corrected chi connectivity index (χ2v) is 8.02. The summed E-state index contributed by atoms with van der Waals surface area (Å²) in [6.45, 7) is 2.00. The van der Waals surface area contributed by atoms with Crippen molar-refractivity contribution in [3.8, 4) is 5.75 Å². The second kappa shape index (κ2) is 12.0. The van der Waals surface area contributed by atoms with Crippen LogP contribution in [0.25, 0.3) is 0 Å². The van der Waals surface area contributed by atoms with Gasteiger partial charge in [-0.05, 0) is 59.8 Å². The Morgan fingerprint density at radius 3 is 2.53 bits per heavy atom. The number of rotatable bonds is 9. The van der Waals surface area contributed by atoms with Crippen LogP contribution in [0.1, 0.15) is 23.7 Å². The number of phenolic OH excluding ortho intramolecular Hbond substituents is 1.